The maximum atomic E-state index is 12.8. The third-order valence-electron chi connectivity index (χ3n) is 10.4. The Balaban J connectivity index is 4.43. The molecular formula is C54H92O6. The minimum atomic E-state index is -0.790. The number of hydrogen-bond acceptors (Lipinski definition) is 6. The lowest BCUT2D eigenvalue weighted by Crippen LogP contribution is -2.30. The van der Waals surface area contributed by atoms with E-state index in [0.717, 1.165) is 128 Å². The normalized spacial score (nSPS) is 12.7. The molecule has 0 radical (unpaired) electrons. The number of hydrogen-bond donors (Lipinski definition) is 0. The fraction of sp³-hybridized carbons (Fsp3) is 0.722. The van der Waals surface area contributed by atoms with Gasteiger partial charge in [0.05, 0.1) is 0 Å². The topological polar surface area (TPSA) is 78.9 Å². The predicted octanol–water partition coefficient (Wildman–Crippen LogP) is 16.3. The van der Waals surface area contributed by atoms with Crippen LogP contribution in [0.15, 0.2) is 72.9 Å². The molecule has 0 bridgehead atoms. The molecule has 0 aromatic carbocycles. The van der Waals surface area contributed by atoms with Crippen molar-refractivity contribution in [1.82, 2.24) is 0 Å². The highest BCUT2D eigenvalue weighted by atomic mass is 16.6. The predicted molar refractivity (Wildman–Crippen MR) is 256 cm³/mol. The Labute approximate surface area is 370 Å². The average molecular weight is 837 g/mol. The zero-order chi connectivity index (χ0) is 43.7. The van der Waals surface area contributed by atoms with Gasteiger partial charge in [-0.05, 0) is 83.5 Å². The second-order valence-electron chi connectivity index (χ2n) is 16.3. The number of carbonyl (C=O) groups is 3. The van der Waals surface area contributed by atoms with Gasteiger partial charge in [0.25, 0.3) is 0 Å². The number of allylic oxidation sites excluding steroid dienone is 12. The van der Waals surface area contributed by atoms with E-state index in [4.69, 9.17) is 14.2 Å². The smallest absolute Gasteiger partial charge is 0.306 e. The number of ether oxygens (including phenoxy) is 3. The van der Waals surface area contributed by atoms with E-state index in [0.29, 0.717) is 19.3 Å². The molecule has 1 atom stereocenters. The second-order valence-corrected chi connectivity index (χ2v) is 16.3. The van der Waals surface area contributed by atoms with Crippen LogP contribution >= 0.6 is 0 Å². The lowest BCUT2D eigenvalue weighted by molar-refractivity contribution is -0.167. The van der Waals surface area contributed by atoms with Gasteiger partial charge in [-0.15, -0.1) is 0 Å². The lowest BCUT2D eigenvalue weighted by atomic mass is 10.0. The van der Waals surface area contributed by atoms with E-state index in [2.05, 4.69) is 93.7 Å². The summed E-state index contributed by atoms with van der Waals surface area (Å²) < 4.78 is 16.7. The molecule has 0 saturated carbocycles. The highest BCUT2D eigenvalue weighted by Gasteiger charge is 2.19. The summed E-state index contributed by atoms with van der Waals surface area (Å²) in [6.45, 7) is 6.42. The molecule has 0 rings (SSSR count). The molecule has 0 aliphatic heterocycles. The quantitative estimate of drug-likeness (QED) is 0.0263. The molecule has 0 spiro atoms. The summed E-state index contributed by atoms with van der Waals surface area (Å²) in [6, 6.07) is 0. The van der Waals surface area contributed by atoms with Gasteiger partial charge in [0.2, 0.25) is 0 Å². The summed E-state index contributed by atoms with van der Waals surface area (Å²) in [7, 11) is 0. The van der Waals surface area contributed by atoms with Crippen molar-refractivity contribution in [2.75, 3.05) is 13.2 Å². The van der Waals surface area contributed by atoms with Crippen LogP contribution in [0.4, 0.5) is 0 Å². The number of carbonyl (C=O) groups excluding carboxylic acids is 3. The van der Waals surface area contributed by atoms with Crippen LogP contribution in [0.3, 0.4) is 0 Å². The average Bonchev–Trinajstić information content (AvgIpc) is 3.24. The maximum Gasteiger partial charge on any atom is 0.306 e. The molecule has 0 aromatic rings. The van der Waals surface area contributed by atoms with Gasteiger partial charge in [-0.2, -0.15) is 0 Å². The Morgan fingerprint density at radius 2 is 0.683 bits per heavy atom. The Kier molecular flexibility index (Phi) is 46.0. The molecule has 0 N–H and O–H groups in total. The van der Waals surface area contributed by atoms with Gasteiger partial charge in [-0.3, -0.25) is 14.4 Å². The van der Waals surface area contributed by atoms with Crippen molar-refractivity contribution < 1.29 is 28.6 Å². The SMILES string of the molecule is CC/C=C\C/C=C\C/C=C\C/C=C\CCCCCCC(=O)OCC(COC(=O)CCCCCCCCCCCCCC)OC(=O)CCCCCCC/C=C\C/C=C\CCC. The summed E-state index contributed by atoms with van der Waals surface area (Å²) in [5.74, 6) is -0.927. The van der Waals surface area contributed by atoms with Crippen LogP contribution < -0.4 is 0 Å². The van der Waals surface area contributed by atoms with Crippen LogP contribution in [0.1, 0.15) is 233 Å². The number of unbranched alkanes of at least 4 members (excludes halogenated alkanes) is 21. The first kappa shape index (κ1) is 56.9. The number of rotatable bonds is 44. The standard InChI is InChI=1S/C54H92O6/c1-4-7-10-13-16-19-22-25-26-27-28-30-32-35-38-41-44-47-53(56)59-50-51(49-58-52(55)46-43-40-37-34-31-24-21-18-15-12-9-6-3)60-54(57)48-45-42-39-36-33-29-23-20-17-14-11-8-5-2/h7,10-11,14,16,19-20,23,25-26,28,30,51H,4-6,8-9,12-13,15,17-18,21-22,24,27,29,31-50H2,1-3H3/b10-7-,14-11-,19-16-,23-20-,26-25-,30-28-. The van der Waals surface area contributed by atoms with Crippen LogP contribution in [0.5, 0.6) is 0 Å². The molecular weight excluding hydrogens is 745 g/mol. The van der Waals surface area contributed by atoms with Crippen molar-refractivity contribution in [3.05, 3.63) is 72.9 Å². The number of esters is 3. The van der Waals surface area contributed by atoms with Crippen LogP contribution in [-0.2, 0) is 28.6 Å². The fourth-order valence-electron chi connectivity index (χ4n) is 6.71. The van der Waals surface area contributed by atoms with Crippen LogP contribution in [0.2, 0.25) is 0 Å². The van der Waals surface area contributed by atoms with Gasteiger partial charge < -0.3 is 14.2 Å². The highest BCUT2D eigenvalue weighted by molar-refractivity contribution is 5.71. The van der Waals surface area contributed by atoms with Crippen molar-refractivity contribution in [3.8, 4) is 0 Å². The van der Waals surface area contributed by atoms with E-state index in [1.165, 1.54) is 64.2 Å². The highest BCUT2D eigenvalue weighted by Crippen LogP contribution is 2.14. The molecule has 1 unspecified atom stereocenters. The van der Waals surface area contributed by atoms with Crippen molar-refractivity contribution in [3.63, 3.8) is 0 Å². The van der Waals surface area contributed by atoms with Crippen molar-refractivity contribution >= 4 is 17.9 Å². The molecule has 0 aromatic heterocycles. The Hall–Kier alpha value is -3.15. The van der Waals surface area contributed by atoms with Crippen molar-refractivity contribution in [1.29, 1.82) is 0 Å². The van der Waals surface area contributed by atoms with Gasteiger partial charge in [-0.1, -0.05) is 203 Å². The van der Waals surface area contributed by atoms with Gasteiger partial charge in [-0.25, -0.2) is 0 Å². The minimum absolute atomic E-state index is 0.0880. The first-order valence-corrected chi connectivity index (χ1v) is 24.9. The van der Waals surface area contributed by atoms with Gasteiger partial charge >= 0.3 is 17.9 Å². The molecule has 6 heteroatoms. The molecule has 0 aliphatic carbocycles. The van der Waals surface area contributed by atoms with Crippen LogP contribution in [-0.4, -0.2) is 37.2 Å². The van der Waals surface area contributed by atoms with Crippen LogP contribution in [0.25, 0.3) is 0 Å². The summed E-state index contributed by atoms with van der Waals surface area (Å²) in [5.41, 5.74) is 0. The third-order valence-corrected chi connectivity index (χ3v) is 10.4. The molecule has 0 amide bonds. The molecule has 0 saturated heterocycles. The van der Waals surface area contributed by atoms with Gasteiger partial charge in [0.1, 0.15) is 13.2 Å². The molecule has 6 nitrogen and oxygen atoms in total. The van der Waals surface area contributed by atoms with Crippen molar-refractivity contribution in [2.45, 2.75) is 239 Å². The molecule has 0 aliphatic rings. The Morgan fingerprint density at radius 3 is 1.08 bits per heavy atom. The molecule has 344 valence electrons. The maximum absolute atomic E-state index is 12.8. The molecule has 0 fully saturated rings. The monoisotopic (exact) mass is 837 g/mol. The van der Waals surface area contributed by atoms with E-state index in [-0.39, 0.29) is 31.1 Å². The summed E-state index contributed by atoms with van der Waals surface area (Å²) in [5, 5.41) is 0. The summed E-state index contributed by atoms with van der Waals surface area (Å²) in [6.07, 6.45) is 60.2. The van der Waals surface area contributed by atoms with Crippen molar-refractivity contribution in [2.24, 2.45) is 0 Å². The minimum Gasteiger partial charge on any atom is -0.462 e. The van der Waals surface area contributed by atoms with E-state index < -0.39 is 6.10 Å². The Bertz CT molecular complexity index is 1140. The Morgan fingerprint density at radius 1 is 0.350 bits per heavy atom. The third kappa shape index (κ3) is 45.9. The second kappa shape index (κ2) is 48.5. The van der Waals surface area contributed by atoms with Crippen LogP contribution in [0, 0.1) is 0 Å². The first-order valence-electron chi connectivity index (χ1n) is 24.9. The fourth-order valence-corrected chi connectivity index (χ4v) is 6.71. The first-order chi connectivity index (χ1) is 29.5. The lowest BCUT2D eigenvalue weighted by Gasteiger charge is -2.18. The van der Waals surface area contributed by atoms with E-state index in [1.807, 2.05) is 0 Å². The largest absolute Gasteiger partial charge is 0.462 e. The van der Waals surface area contributed by atoms with Gasteiger partial charge in [0, 0.05) is 19.3 Å². The summed E-state index contributed by atoms with van der Waals surface area (Å²) in [4.78, 5) is 37.9. The molecule has 60 heavy (non-hydrogen) atoms. The van der Waals surface area contributed by atoms with Gasteiger partial charge in [0.15, 0.2) is 6.10 Å². The summed E-state index contributed by atoms with van der Waals surface area (Å²) >= 11 is 0. The van der Waals surface area contributed by atoms with E-state index in [1.54, 1.807) is 0 Å². The van der Waals surface area contributed by atoms with E-state index >= 15 is 0 Å². The zero-order valence-electron chi connectivity index (χ0n) is 39.2. The van der Waals surface area contributed by atoms with E-state index in [9.17, 15) is 14.4 Å². The molecule has 0 heterocycles. The zero-order valence-corrected chi connectivity index (χ0v) is 39.2.